The van der Waals surface area contributed by atoms with Gasteiger partial charge in [-0.05, 0) is 12.8 Å². The van der Waals surface area contributed by atoms with Gasteiger partial charge in [0.15, 0.2) is 0 Å². The summed E-state index contributed by atoms with van der Waals surface area (Å²) < 4.78 is 0. The number of nitrogens with one attached hydrogen (secondary N) is 1. The third kappa shape index (κ3) is 3.88. The number of amides is 3. The van der Waals surface area contributed by atoms with Gasteiger partial charge in [0.05, 0.1) is 6.54 Å². The van der Waals surface area contributed by atoms with Gasteiger partial charge in [0.25, 0.3) is 0 Å². The molecule has 2 N–H and O–H groups in total. The predicted octanol–water partition coefficient (Wildman–Crippen LogP) is 0.573. The van der Waals surface area contributed by atoms with E-state index in [1.807, 2.05) is 0 Å². The first kappa shape index (κ1) is 12.5. The van der Waals surface area contributed by atoms with Gasteiger partial charge in [-0.3, -0.25) is 14.5 Å². The number of carbonyl (C=O) groups is 3. The van der Waals surface area contributed by atoms with Crippen molar-refractivity contribution in [2.75, 3.05) is 13.1 Å². The van der Waals surface area contributed by atoms with Crippen molar-refractivity contribution in [1.82, 2.24) is 10.2 Å². The quantitative estimate of drug-likeness (QED) is 0.492. The standard InChI is InChI=1S/C10H16N2O4/c13-8-7-11-10(16)12(8)6-4-2-1-3-5-9(14)15/h1-7H2,(H,11,16)(H,14,15). The van der Waals surface area contributed by atoms with Crippen LogP contribution < -0.4 is 5.32 Å². The molecule has 0 aromatic heterocycles. The third-order valence-corrected chi connectivity index (χ3v) is 2.46. The lowest BCUT2D eigenvalue weighted by Crippen LogP contribution is -2.31. The Morgan fingerprint density at radius 1 is 1.25 bits per heavy atom. The molecule has 3 amide bonds. The van der Waals surface area contributed by atoms with Crippen LogP contribution in [0.2, 0.25) is 0 Å². The lowest BCUT2D eigenvalue weighted by Gasteiger charge is -2.11. The van der Waals surface area contributed by atoms with Crippen molar-refractivity contribution in [1.29, 1.82) is 0 Å². The van der Waals surface area contributed by atoms with Crippen LogP contribution in [0.5, 0.6) is 0 Å². The van der Waals surface area contributed by atoms with E-state index in [-0.39, 0.29) is 24.9 Å². The maximum atomic E-state index is 11.2. The topological polar surface area (TPSA) is 86.7 Å². The fourth-order valence-electron chi connectivity index (χ4n) is 1.58. The van der Waals surface area contributed by atoms with Gasteiger partial charge in [0.1, 0.15) is 0 Å². The molecular weight excluding hydrogens is 212 g/mol. The molecule has 6 heteroatoms. The van der Waals surface area contributed by atoms with Crippen LogP contribution >= 0.6 is 0 Å². The van der Waals surface area contributed by atoms with E-state index in [9.17, 15) is 14.4 Å². The minimum Gasteiger partial charge on any atom is -0.481 e. The van der Waals surface area contributed by atoms with Gasteiger partial charge in [-0.25, -0.2) is 4.79 Å². The van der Waals surface area contributed by atoms with Crippen LogP contribution in [0.25, 0.3) is 0 Å². The highest BCUT2D eigenvalue weighted by Gasteiger charge is 2.27. The van der Waals surface area contributed by atoms with Gasteiger partial charge < -0.3 is 10.4 Å². The largest absolute Gasteiger partial charge is 0.481 e. The molecular formula is C10H16N2O4. The van der Waals surface area contributed by atoms with E-state index in [1.54, 1.807) is 0 Å². The Labute approximate surface area is 93.6 Å². The molecule has 0 radical (unpaired) electrons. The first-order chi connectivity index (χ1) is 7.61. The molecule has 6 nitrogen and oxygen atoms in total. The summed E-state index contributed by atoms with van der Waals surface area (Å²) in [7, 11) is 0. The van der Waals surface area contributed by atoms with Crippen molar-refractivity contribution in [3.8, 4) is 0 Å². The van der Waals surface area contributed by atoms with Crippen molar-refractivity contribution in [2.24, 2.45) is 0 Å². The van der Waals surface area contributed by atoms with Crippen molar-refractivity contribution < 1.29 is 19.5 Å². The van der Waals surface area contributed by atoms with E-state index in [4.69, 9.17) is 5.11 Å². The van der Waals surface area contributed by atoms with Crippen LogP contribution in [0.4, 0.5) is 4.79 Å². The molecule has 90 valence electrons. The molecule has 0 spiro atoms. The Morgan fingerprint density at radius 3 is 2.50 bits per heavy atom. The smallest absolute Gasteiger partial charge is 0.324 e. The molecule has 0 aromatic rings. The Bertz CT molecular complexity index is 275. The molecule has 1 heterocycles. The number of imide groups is 1. The first-order valence-corrected chi connectivity index (χ1v) is 5.41. The molecule has 0 aromatic carbocycles. The van der Waals surface area contributed by atoms with Crippen molar-refractivity contribution in [3.63, 3.8) is 0 Å². The van der Waals surface area contributed by atoms with Gasteiger partial charge in [-0.15, -0.1) is 0 Å². The molecule has 1 aliphatic heterocycles. The Kier molecular flexibility index (Phi) is 4.75. The molecule has 0 unspecified atom stereocenters. The lowest BCUT2D eigenvalue weighted by molar-refractivity contribution is -0.137. The molecule has 0 saturated carbocycles. The summed E-state index contributed by atoms with van der Waals surface area (Å²) in [6, 6.07) is -0.324. The normalized spacial score (nSPS) is 15.4. The lowest BCUT2D eigenvalue weighted by atomic mass is 10.1. The SMILES string of the molecule is O=C(O)CCCCCCN1C(=O)CNC1=O. The number of aliphatic carboxylic acids is 1. The molecule has 0 bridgehead atoms. The predicted molar refractivity (Wildman–Crippen MR) is 55.8 cm³/mol. The molecule has 0 aliphatic carbocycles. The summed E-state index contributed by atoms with van der Waals surface area (Å²) in [6.45, 7) is 0.523. The second-order valence-corrected chi connectivity index (χ2v) is 3.76. The van der Waals surface area contributed by atoms with Crippen LogP contribution in [0, 0.1) is 0 Å². The molecule has 1 rings (SSSR count). The van der Waals surface area contributed by atoms with Gasteiger partial charge in [-0.1, -0.05) is 12.8 Å². The van der Waals surface area contributed by atoms with Crippen LogP contribution in [-0.2, 0) is 9.59 Å². The Hall–Kier alpha value is -1.59. The number of carboxylic acids is 1. The van der Waals surface area contributed by atoms with Crippen LogP contribution in [0.15, 0.2) is 0 Å². The van der Waals surface area contributed by atoms with E-state index in [2.05, 4.69) is 5.32 Å². The maximum absolute atomic E-state index is 11.2. The Balaban J connectivity index is 2.05. The second-order valence-electron chi connectivity index (χ2n) is 3.76. The highest BCUT2D eigenvalue weighted by Crippen LogP contribution is 2.06. The average molecular weight is 228 g/mol. The average Bonchev–Trinajstić information content (AvgIpc) is 2.53. The molecule has 1 saturated heterocycles. The summed E-state index contributed by atoms with van der Waals surface area (Å²) in [5.41, 5.74) is 0. The maximum Gasteiger partial charge on any atom is 0.324 e. The fraction of sp³-hybridized carbons (Fsp3) is 0.700. The minimum atomic E-state index is -0.783. The number of hydrogen-bond acceptors (Lipinski definition) is 3. The number of urea groups is 1. The number of carbonyl (C=O) groups excluding carboxylic acids is 2. The van der Waals surface area contributed by atoms with Gasteiger partial charge in [-0.2, -0.15) is 0 Å². The van der Waals surface area contributed by atoms with Crippen molar-refractivity contribution >= 4 is 17.9 Å². The zero-order chi connectivity index (χ0) is 12.0. The molecule has 16 heavy (non-hydrogen) atoms. The summed E-state index contributed by atoms with van der Waals surface area (Å²) in [5.74, 6) is -0.968. The highest BCUT2D eigenvalue weighted by molar-refractivity contribution is 6.01. The third-order valence-electron chi connectivity index (χ3n) is 2.46. The summed E-state index contributed by atoms with van der Waals surface area (Å²) in [4.78, 5) is 33.7. The summed E-state index contributed by atoms with van der Waals surface area (Å²) in [5, 5.41) is 10.9. The number of hydrogen-bond donors (Lipinski definition) is 2. The molecule has 1 aliphatic rings. The first-order valence-electron chi connectivity index (χ1n) is 5.41. The number of unbranched alkanes of at least 4 members (excludes halogenated alkanes) is 3. The fourth-order valence-corrected chi connectivity index (χ4v) is 1.58. The van der Waals surface area contributed by atoms with E-state index < -0.39 is 5.97 Å². The van der Waals surface area contributed by atoms with E-state index in [0.717, 1.165) is 19.3 Å². The minimum absolute atomic E-state index is 0.0951. The van der Waals surface area contributed by atoms with Crippen molar-refractivity contribution in [3.05, 3.63) is 0 Å². The van der Waals surface area contributed by atoms with Gasteiger partial charge in [0.2, 0.25) is 5.91 Å². The van der Waals surface area contributed by atoms with Crippen LogP contribution in [0.3, 0.4) is 0 Å². The summed E-state index contributed by atoms with van der Waals surface area (Å²) >= 11 is 0. The second kappa shape index (κ2) is 6.09. The van der Waals surface area contributed by atoms with Gasteiger partial charge >= 0.3 is 12.0 Å². The zero-order valence-corrected chi connectivity index (χ0v) is 9.07. The van der Waals surface area contributed by atoms with Crippen LogP contribution in [0.1, 0.15) is 32.1 Å². The summed E-state index contributed by atoms with van der Waals surface area (Å²) in [6.07, 6.45) is 3.22. The number of rotatable bonds is 7. The molecule has 1 fully saturated rings. The van der Waals surface area contributed by atoms with Crippen molar-refractivity contribution in [2.45, 2.75) is 32.1 Å². The molecule has 0 atom stereocenters. The zero-order valence-electron chi connectivity index (χ0n) is 9.07. The van der Waals surface area contributed by atoms with E-state index in [1.165, 1.54) is 4.90 Å². The van der Waals surface area contributed by atoms with E-state index in [0.29, 0.717) is 13.0 Å². The highest BCUT2D eigenvalue weighted by atomic mass is 16.4. The van der Waals surface area contributed by atoms with E-state index >= 15 is 0 Å². The number of nitrogens with zero attached hydrogens (tertiary/aromatic N) is 1. The van der Waals surface area contributed by atoms with Crippen LogP contribution in [-0.4, -0.2) is 41.0 Å². The monoisotopic (exact) mass is 228 g/mol. The van der Waals surface area contributed by atoms with Gasteiger partial charge in [0, 0.05) is 13.0 Å². The number of carboxylic acid groups (broad SMARTS) is 1. The Morgan fingerprint density at radius 2 is 1.94 bits per heavy atom.